The van der Waals surface area contributed by atoms with Gasteiger partial charge < -0.3 is 4.74 Å². The first-order valence-corrected chi connectivity index (χ1v) is 6.64. The van der Waals surface area contributed by atoms with Crippen LogP contribution in [0.1, 0.15) is 44.7 Å². The van der Waals surface area contributed by atoms with Crippen molar-refractivity contribution in [3.8, 4) is 5.75 Å². The molecule has 0 bridgehead atoms. The van der Waals surface area contributed by atoms with Crippen molar-refractivity contribution < 1.29 is 9.53 Å². The smallest absolute Gasteiger partial charge is 0.275 e. The van der Waals surface area contributed by atoms with Crippen molar-refractivity contribution in [2.75, 3.05) is 0 Å². The Morgan fingerprint density at radius 2 is 1.89 bits per heavy atom. The normalized spacial score (nSPS) is 12.6. The third kappa shape index (κ3) is 3.96. The van der Waals surface area contributed by atoms with Crippen molar-refractivity contribution in [2.24, 2.45) is 11.8 Å². The number of ether oxygens (including phenoxy) is 1. The second-order valence-electron chi connectivity index (χ2n) is 5.47. The third-order valence-electron chi connectivity index (χ3n) is 3.14. The SMILES string of the molecule is Cc1ccc(C(C)C)cc1OC(C(=O)NN)C(C)C. The molecule has 19 heavy (non-hydrogen) atoms. The summed E-state index contributed by atoms with van der Waals surface area (Å²) in [4.78, 5) is 11.7. The molecule has 1 unspecified atom stereocenters. The molecule has 0 aliphatic rings. The van der Waals surface area contributed by atoms with Crippen molar-refractivity contribution in [3.05, 3.63) is 29.3 Å². The highest BCUT2D eigenvalue weighted by Gasteiger charge is 2.24. The van der Waals surface area contributed by atoms with E-state index < -0.39 is 6.10 Å². The first kappa shape index (κ1) is 15.5. The predicted octanol–water partition coefficient (Wildman–Crippen LogP) is 2.51. The van der Waals surface area contributed by atoms with Crippen molar-refractivity contribution in [1.82, 2.24) is 5.43 Å². The largest absolute Gasteiger partial charge is 0.480 e. The Morgan fingerprint density at radius 1 is 1.26 bits per heavy atom. The number of rotatable bonds is 5. The Kier molecular flexibility index (Phi) is 5.36. The lowest BCUT2D eigenvalue weighted by molar-refractivity contribution is -0.129. The molecule has 0 aromatic heterocycles. The molecular formula is C15H24N2O2. The Hall–Kier alpha value is -1.55. The van der Waals surface area contributed by atoms with Crippen LogP contribution in [0.3, 0.4) is 0 Å². The number of carbonyl (C=O) groups is 1. The van der Waals surface area contributed by atoms with Crippen LogP contribution in [-0.4, -0.2) is 12.0 Å². The highest BCUT2D eigenvalue weighted by atomic mass is 16.5. The quantitative estimate of drug-likeness (QED) is 0.488. The average molecular weight is 264 g/mol. The van der Waals surface area contributed by atoms with E-state index in [0.717, 1.165) is 11.3 Å². The summed E-state index contributed by atoms with van der Waals surface area (Å²) in [6.45, 7) is 10.1. The minimum atomic E-state index is -0.578. The molecule has 0 fully saturated rings. The molecular weight excluding hydrogens is 240 g/mol. The summed E-state index contributed by atoms with van der Waals surface area (Å²) in [5.41, 5.74) is 4.36. The Labute approximate surface area is 115 Å². The molecule has 0 heterocycles. The van der Waals surface area contributed by atoms with Gasteiger partial charge in [0.05, 0.1) is 0 Å². The van der Waals surface area contributed by atoms with E-state index in [1.165, 1.54) is 5.56 Å². The molecule has 1 rings (SSSR count). The fourth-order valence-electron chi connectivity index (χ4n) is 1.81. The van der Waals surface area contributed by atoms with E-state index in [-0.39, 0.29) is 11.8 Å². The van der Waals surface area contributed by atoms with E-state index in [1.807, 2.05) is 32.9 Å². The van der Waals surface area contributed by atoms with Crippen LogP contribution >= 0.6 is 0 Å². The monoisotopic (exact) mass is 264 g/mol. The number of aryl methyl sites for hydroxylation is 1. The van der Waals surface area contributed by atoms with Gasteiger partial charge in [0.1, 0.15) is 5.75 Å². The van der Waals surface area contributed by atoms with Gasteiger partial charge >= 0.3 is 0 Å². The molecule has 0 radical (unpaired) electrons. The van der Waals surface area contributed by atoms with Gasteiger partial charge in [0.25, 0.3) is 5.91 Å². The topological polar surface area (TPSA) is 64.3 Å². The molecule has 0 spiro atoms. The molecule has 4 heteroatoms. The van der Waals surface area contributed by atoms with Gasteiger partial charge in [0.2, 0.25) is 0 Å². The second kappa shape index (κ2) is 6.57. The van der Waals surface area contributed by atoms with E-state index in [2.05, 4.69) is 25.3 Å². The van der Waals surface area contributed by atoms with Crippen molar-refractivity contribution in [1.29, 1.82) is 0 Å². The second-order valence-corrected chi connectivity index (χ2v) is 5.47. The van der Waals surface area contributed by atoms with Crippen LogP contribution in [0.5, 0.6) is 5.75 Å². The third-order valence-corrected chi connectivity index (χ3v) is 3.14. The van der Waals surface area contributed by atoms with Crippen LogP contribution in [0.15, 0.2) is 18.2 Å². The van der Waals surface area contributed by atoms with Crippen LogP contribution in [0, 0.1) is 12.8 Å². The first-order valence-electron chi connectivity index (χ1n) is 6.64. The zero-order chi connectivity index (χ0) is 14.6. The zero-order valence-electron chi connectivity index (χ0n) is 12.4. The number of benzene rings is 1. The number of nitrogens with two attached hydrogens (primary N) is 1. The van der Waals surface area contributed by atoms with Gasteiger partial charge in [-0.2, -0.15) is 0 Å². The van der Waals surface area contributed by atoms with Gasteiger partial charge in [0.15, 0.2) is 6.10 Å². The predicted molar refractivity (Wildman–Crippen MR) is 76.9 cm³/mol. The lowest BCUT2D eigenvalue weighted by atomic mass is 10.0. The molecule has 1 atom stereocenters. The Bertz CT molecular complexity index is 442. The molecule has 1 aromatic rings. The van der Waals surface area contributed by atoms with Crippen molar-refractivity contribution >= 4 is 5.91 Å². The van der Waals surface area contributed by atoms with E-state index in [4.69, 9.17) is 10.6 Å². The highest BCUT2D eigenvalue weighted by Crippen LogP contribution is 2.26. The van der Waals surface area contributed by atoms with Gasteiger partial charge in [-0.05, 0) is 36.0 Å². The number of amides is 1. The van der Waals surface area contributed by atoms with Crippen LogP contribution in [0.25, 0.3) is 0 Å². The van der Waals surface area contributed by atoms with Gasteiger partial charge in [0, 0.05) is 0 Å². The molecule has 0 saturated carbocycles. The maximum absolute atomic E-state index is 11.7. The molecule has 3 N–H and O–H groups in total. The molecule has 0 saturated heterocycles. The highest BCUT2D eigenvalue weighted by molar-refractivity contribution is 5.80. The van der Waals surface area contributed by atoms with Crippen LogP contribution < -0.4 is 16.0 Å². The molecule has 0 aliphatic carbocycles. The maximum Gasteiger partial charge on any atom is 0.275 e. The first-order chi connectivity index (χ1) is 8.86. The van der Waals surface area contributed by atoms with E-state index in [0.29, 0.717) is 5.92 Å². The van der Waals surface area contributed by atoms with Crippen molar-refractivity contribution in [2.45, 2.75) is 46.6 Å². The average Bonchev–Trinajstić information content (AvgIpc) is 2.36. The summed E-state index contributed by atoms with van der Waals surface area (Å²) >= 11 is 0. The fourth-order valence-corrected chi connectivity index (χ4v) is 1.81. The zero-order valence-corrected chi connectivity index (χ0v) is 12.4. The standard InChI is InChI=1S/C15H24N2O2/c1-9(2)12-7-6-11(5)13(8-12)19-14(10(3)4)15(18)17-16/h6-10,14H,16H2,1-5H3,(H,17,18). The summed E-state index contributed by atoms with van der Waals surface area (Å²) < 4.78 is 5.86. The number of nitrogens with one attached hydrogen (secondary N) is 1. The minimum Gasteiger partial charge on any atom is -0.480 e. The lowest BCUT2D eigenvalue weighted by Gasteiger charge is -2.22. The van der Waals surface area contributed by atoms with Crippen molar-refractivity contribution in [3.63, 3.8) is 0 Å². The Balaban J connectivity index is 3.02. The number of carbonyl (C=O) groups excluding carboxylic acids is 1. The van der Waals surface area contributed by atoms with E-state index in [9.17, 15) is 4.79 Å². The molecule has 0 aliphatic heterocycles. The van der Waals surface area contributed by atoms with Gasteiger partial charge in [-0.15, -0.1) is 0 Å². The lowest BCUT2D eigenvalue weighted by Crippen LogP contribution is -2.44. The maximum atomic E-state index is 11.7. The number of hydrogen-bond acceptors (Lipinski definition) is 3. The summed E-state index contributed by atoms with van der Waals surface area (Å²) in [6.07, 6.45) is -0.578. The van der Waals surface area contributed by atoms with Crippen LogP contribution in [-0.2, 0) is 4.79 Å². The number of hydrogen-bond donors (Lipinski definition) is 2. The van der Waals surface area contributed by atoms with E-state index >= 15 is 0 Å². The Morgan fingerprint density at radius 3 is 2.37 bits per heavy atom. The molecule has 1 aromatic carbocycles. The van der Waals surface area contributed by atoms with Crippen LogP contribution in [0.4, 0.5) is 0 Å². The molecule has 1 amide bonds. The van der Waals surface area contributed by atoms with E-state index in [1.54, 1.807) is 0 Å². The number of hydrazine groups is 1. The summed E-state index contributed by atoms with van der Waals surface area (Å²) in [6, 6.07) is 6.10. The summed E-state index contributed by atoms with van der Waals surface area (Å²) in [5.74, 6) is 6.11. The summed E-state index contributed by atoms with van der Waals surface area (Å²) in [7, 11) is 0. The molecule has 4 nitrogen and oxygen atoms in total. The summed E-state index contributed by atoms with van der Waals surface area (Å²) in [5, 5.41) is 0. The van der Waals surface area contributed by atoms with Gasteiger partial charge in [-0.3, -0.25) is 10.2 Å². The van der Waals surface area contributed by atoms with Crippen LogP contribution in [0.2, 0.25) is 0 Å². The fraction of sp³-hybridized carbons (Fsp3) is 0.533. The van der Waals surface area contributed by atoms with Gasteiger partial charge in [-0.25, -0.2) is 5.84 Å². The minimum absolute atomic E-state index is 0.0469. The van der Waals surface area contributed by atoms with Gasteiger partial charge in [-0.1, -0.05) is 39.8 Å². The molecule has 106 valence electrons.